The molecule has 2 unspecified atom stereocenters. The van der Waals surface area contributed by atoms with Crippen LogP contribution in [0.3, 0.4) is 0 Å². The SMILES string of the molecule is CCc1ccccc1CC(=O)N1CCC(C(=O)O)C(C)C1. The molecule has 2 atom stereocenters. The minimum Gasteiger partial charge on any atom is -0.481 e. The fraction of sp³-hybridized carbons (Fsp3) is 0.529. The van der Waals surface area contributed by atoms with Crippen LogP contribution in [0.5, 0.6) is 0 Å². The predicted molar refractivity (Wildman–Crippen MR) is 81.0 cm³/mol. The summed E-state index contributed by atoms with van der Waals surface area (Å²) in [5.41, 5.74) is 2.29. The Labute approximate surface area is 125 Å². The molecule has 4 heteroatoms. The van der Waals surface area contributed by atoms with E-state index in [1.54, 1.807) is 0 Å². The molecule has 0 spiro atoms. The third-order valence-corrected chi connectivity index (χ3v) is 4.42. The number of aliphatic carboxylic acids is 1. The van der Waals surface area contributed by atoms with E-state index >= 15 is 0 Å². The van der Waals surface area contributed by atoms with Crippen LogP contribution in [0.4, 0.5) is 0 Å². The van der Waals surface area contributed by atoms with Crippen LogP contribution >= 0.6 is 0 Å². The molecule has 1 saturated heterocycles. The number of benzene rings is 1. The molecule has 0 aliphatic carbocycles. The molecule has 1 heterocycles. The molecule has 0 saturated carbocycles. The third kappa shape index (κ3) is 3.63. The lowest BCUT2D eigenvalue weighted by molar-refractivity contribution is -0.148. The van der Waals surface area contributed by atoms with Gasteiger partial charge >= 0.3 is 5.97 Å². The van der Waals surface area contributed by atoms with Crippen LogP contribution in [-0.4, -0.2) is 35.0 Å². The number of nitrogens with zero attached hydrogens (tertiary/aromatic N) is 1. The highest BCUT2D eigenvalue weighted by atomic mass is 16.4. The zero-order valence-corrected chi connectivity index (χ0v) is 12.7. The highest BCUT2D eigenvalue weighted by molar-refractivity contribution is 5.79. The van der Waals surface area contributed by atoms with E-state index in [0.29, 0.717) is 25.9 Å². The Balaban J connectivity index is 2.00. The average Bonchev–Trinajstić information content (AvgIpc) is 2.47. The van der Waals surface area contributed by atoms with Gasteiger partial charge in [0.25, 0.3) is 0 Å². The van der Waals surface area contributed by atoms with Crippen molar-refractivity contribution in [2.75, 3.05) is 13.1 Å². The number of rotatable bonds is 4. The minimum atomic E-state index is -0.745. The fourth-order valence-corrected chi connectivity index (χ4v) is 3.09. The molecule has 114 valence electrons. The predicted octanol–water partition coefficient (Wildman–Crippen LogP) is 2.36. The Kier molecular flexibility index (Phi) is 4.99. The number of carboxylic acids is 1. The van der Waals surface area contributed by atoms with E-state index in [4.69, 9.17) is 5.11 Å². The van der Waals surface area contributed by atoms with Gasteiger partial charge in [-0.25, -0.2) is 0 Å². The first kappa shape index (κ1) is 15.5. The maximum absolute atomic E-state index is 12.4. The van der Waals surface area contributed by atoms with Crippen LogP contribution in [0.15, 0.2) is 24.3 Å². The van der Waals surface area contributed by atoms with Crippen molar-refractivity contribution in [1.82, 2.24) is 4.90 Å². The summed E-state index contributed by atoms with van der Waals surface area (Å²) in [4.78, 5) is 25.4. The number of hydrogen-bond acceptors (Lipinski definition) is 2. The second-order valence-corrected chi connectivity index (χ2v) is 5.85. The van der Waals surface area contributed by atoms with Crippen molar-refractivity contribution in [2.24, 2.45) is 11.8 Å². The Morgan fingerprint density at radius 3 is 2.52 bits per heavy atom. The highest BCUT2D eigenvalue weighted by Gasteiger charge is 2.32. The van der Waals surface area contributed by atoms with Gasteiger partial charge in [0.15, 0.2) is 0 Å². The summed E-state index contributed by atoms with van der Waals surface area (Å²) < 4.78 is 0. The summed E-state index contributed by atoms with van der Waals surface area (Å²) in [6, 6.07) is 8.01. The van der Waals surface area contributed by atoms with Crippen LogP contribution in [0, 0.1) is 11.8 Å². The number of likely N-dealkylation sites (tertiary alicyclic amines) is 1. The van der Waals surface area contributed by atoms with E-state index in [-0.39, 0.29) is 17.7 Å². The van der Waals surface area contributed by atoms with Gasteiger partial charge in [0.1, 0.15) is 0 Å². The second kappa shape index (κ2) is 6.74. The Morgan fingerprint density at radius 1 is 1.29 bits per heavy atom. The monoisotopic (exact) mass is 289 g/mol. The molecular weight excluding hydrogens is 266 g/mol. The first-order valence-electron chi connectivity index (χ1n) is 7.60. The molecule has 0 bridgehead atoms. The van der Waals surface area contributed by atoms with E-state index in [2.05, 4.69) is 13.0 Å². The van der Waals surface area contributed by atoms with Crippen LogP contribution < -0.4 is 0 Å². The average molecular weight is 289 g/mol. The largest absolute Gasteiger partial charge is 0.481 e. The smallest absolute Gasteiger partial charge is 0.306 e. The van der Waals surface area contributed by atoms with E-state index in [1.807, 2.05) is 30.0 Å². The van der Waals surface area contributed by atoms with Gasteiger partial charge in [0, 0.05) is 13.1 Å². The molecule has 1 aromatic rings. The molecule has 1 fully saturated rings. The standard InChI is InChI=1S/C17H23NO3/c1-3-13-6-4-5-7-14(13)10-16(19)18-9-8-15(17(20)21)12(2)11-18/h4-7,12,15H,3,8-11H2,1-2H3,(H,20,21). The number of carbonyl (C=O) groups is 2. The maximum atomic E-state index is 12.4. The molecule has 1 N–H and O–H groups in total. The molecule has 1 aliphatic rings. The Morgan fingerprint density at radius 2 is 1.95 bits per heavy atom. The molecule has 21 heavy (non-hydrogen) atoms. The van der Waals surface area contributed by atoms with E-state index in [1.165, 1.54) is 5.56 Å². The molecule has 2 rings (SSSR count). The lowest BCUT2D eigenvalue weighted by Gasteiger charge is -2.35. The molecule has 1 aliphatic heterocycles. The van der Waals surface area contributed by atoms with E-state index < -0.39 is 5.97 Å². The van der Waals surface area contributed by atoms with Gasteiger partial charge in [-0.3, -0.25) is 9.59 Å². The Bertz CT molecular complexity index is 527. The van der Waals surface area contributed by atoms with Gasteiger partial charge in [0.05, 0.1) is 12.3 Å². The van der Waals surface area contributed by atoms with E-state index in [0.717, 1.165) is 12.0 Å². The van der Waals surface area contributed by atoms with Gasteiger partial charge < -0.3 is 10.0 Å². The molecule has 1 amide bonds. The van der Waals surface area contributed by atoms with Gasteiger partial charge in [0.2, 0.25) is 5.91 Å². The van der Waals surface area contributed by atoms with Crippen molar-refractivity contribution in [3.63, 3.8) is 0 Å². The highest BCUT2D eigenvalue weighted by Crippen LogP contribution is 2.24. The Hall–Kier alpha value is -1.84. The van der Waals surface area contributed by atoms with Gasteiger partial charge in [-0.15, -0.1) is 0 Å². The number of piperidine rings is 1. The topological polar surface area (TPSA) is 57.6 Å². The normalized spacial score (nSPS) is 22.1. The molecule has 1 aromatic carbocycles. The van der Waals surface area contributed by atoms with Crippen LogP contribution in [0.1, 0.15) is 31.4 Å². The summed E-state index contributed by atoms with van der Waals surface area (Å²) in [5, 5.41) is 9.13. The van der Waals surface area contributed by atoms with Gasteiger partial charge in [-0.1, -0.05) is 38.1 Å². The van der Waals surface area contributed by atoms with Gasteiger partial charge in [-0.05, 0) is 29.9 Å². The second-order valence-electron chi connectivity index (χ2n) is 5.85. The summed E-state index contributed by atoms with van der Waals surface area (Å²) in [6.07, 6.45) is 1.88. The number of carbonyl (C=O) groups excluding carboxylic acids is 1. The van der Waals surface area contributed by atoms with E-state index in [9.17, 15) is 9.59 Å². The number of amides is 1. The molecular formula is C17H23NO3. The van der Waals surface area contributed by atoms with Crippen molar-refractivity contribution in [3.05, 3.63) is 35.4 Å². The zero-order chi connectivity index (χ0) is 15.4. The van der Waals surface area contributed by atoms with Crippen LogP contribution in [0.2, 0.25) is 0 Å². The van der Waals surface area contributed by atoms with Crippen molar-refractivity contribution in [2.45, 2.75) is 33.1 Å². The first-order chi connectivity index (χ1) is 10.0. The summed E-state index contributed by atoms with van der Waals surface area (Å²) in [6.45, 7) is 5.10. The summed E-state index contributed by atoms with van der Waals surface area (Å²) in [7, 11) is 0. The third-order valence-electron chi connectivity index (χ3n) is 4.42. The summed E-state index contributed by atoms with van der Waals surface area (Å²) >= 11 is 0. The minimum absolute atomic E-state index is 0.0154. The maximum Gasteiger partial charge on any atom is 0.306 e. The molecule has 0 aromatic heterocycles. The van der Waals surface area contributed by atoms with Gasteiger partial charge in [-0.2, -0.15) is 0 Å². The zero-order valence-electron chi connectivity index (χ0n) is 12.7. The van der Waals surface area contributed by atoms with Crippen molar-refractivity contribution in [3.8, 4) is 0 Å². The molecule has 4 nitrogen and oxygen atoms in total. The first-order valence-corrected chi connectivity index (χ1v) is 7.60. The lowest BCUT2D eigenvalue weighted by atomic mass is 9.86. The van der Waals surface area contributed by atoms with Crippen molar-refractivity contribution in [1.29, 1.82) is 0 Å². The van der Waals surface area contributed by atoms with Crippen LogP contribution in [0.25, 0.3) is 0 Å². The summed E-state index contributed by atoms with van der Waals surface area (Å²) in [5.74, 6) is -0.948. The molecule has 0 radical (unpaired) electrons. The number of carboxylic acid groups (broad SMARTS) is 1. The number of hydrogen-bond donors (Lipinski definition) is 1. The number of aryl methyl sites for hydroxylation is 1. The lowest BCUT2D eigenvalue weighted by Crippen LogP contribution is -2.45. The van der Waals surface area contributed by atoms with Crippen molar-refractivity contribution >= 4 is 11.9 Å². The quantitative estimate of drug-likeness (QED) is 0.925. The van der Waals surface area contributed by atoms with Crippen molar-refractivity contribution < 1.29 is 14.7 Å². The fourth-order valence-electron chi connectivity index (χ4n) is 3.09. The van der Waals surface area contributed by atoms with Crippen LogP contribution in [-0.2, 0) is 22.4 Å².